The third-order valence-electron chi connectivity index (χ3n) is 6.04. The first-order valence-electron chi connectivity index (χ1n) is 12.0. The molecule has 0 N–H and O–H groups in total. The Morgan fingerprint density at radius 1 is 0.400 bits per heavy atom. The van der Waals surface area contributed by atoms with Crippen LogP contribution in [-0.2, 0) is 0 Å². The van der Waals surface area contributed by atoms with Crippen molar-refractivity contribution in [3.8, 4) is 0 Å². The molecule has 0 bridgehead atoms. The van der Waals surface area contributed by atoms with Crippen LogP contribution in [0.3, 0.4) is 0 Å². The van der Waals surface area contributed by atoms with Crippen molar-refractivity contribution in [2.75, 3.05) is 0 Å². The summed E-state index contributed by atoms with van der Waals surface area (Å²) in [6.45, 7) is 2.37. The normalized spacial score (nSPS) is 12.2. The molecular formula is C32H29NP2. The van der Waals surface area contributed by atoms with Gasteiger partial charge >= 0.3 is 0 Å². The van der Waals surface area contributed by atoms with Gasteiger partial charge in [0.1, 0.15) is 0 Å². The molecule has 0 aliphatic carbocycles. The van der Waals surface area contributed by atoms with E-state index in [1.165, 1.54) is 26.8 Å². The molecule has 0 aliphatic heterocycles. The zero-order valence-corrected chi connectivity index (χ0v) is 21.6. The molecule has 0 amide bonds. The largest absolute Gasteiger partial charge is 0.237 e. The topological polar surface area (TPSA) is 3.24 Å². The molecule has 5 rings (SSSR count). The van der Waals surface area contributed by atoms with Crippen LogP contribution in [0.5, 0.6) is 0 Å². The molecule has 5 aromatic rings. The Balaban J connectivity index is 1.77. The van der Waals surface area contributed by atoms with Gasteiger partial charge in [0.05, 0.1) is 0 Å². The highest BCUT2D eigenvalue weighted by Crippen LogP contribution is 2.59. The lowest BCUT2D eigenvalue weighted by Gasteiger charge is -2.43. The van der Waals surface area contributed by atoms with Gasteiger partial charge in [0.25, 0.3) is 0 Å². The van der Waals surface area contributed by atoms with E-state index in [1.54, 1.807) is 0 Å². The van der Waals surface area contributed by atoms with Crippen LogP contribution < -0.4 is 21.2 Å². The van der Waals surface area contributed by atoms with E-state index < -0.39 is 16.1 Å². The molecule has 0 unspecified atom stereocenters. The van der Waals surface area contributed by atoms with E-state index in [4.69, 9.17) is 0 Å². The molecule has 172 valence electrons. The Bertz CT molecular complexity index is 1130. The van der Waals surface area contributed by atoms with E-state index in [9.17, 15) is 0 Å². The van der Waals surface area contributed by atoms with Gasteiger partial charge in [0, 0.05) is 22.2 Å². The lowest BCUT2D eigenvalue weighted by molar-refractivity contribution is 0.566. The number of rotatable bonds is 8. The van der Waals surface area contributed by atoms with E-state index >= 15 is 0 Å². The van der Waals surface area contributed by atoms with Gasteiger partial charge in [-0.3, -0.25) is 0 Å². The minimum absolute atomic E-state index is 0.217. The smallest absolute Gasteiger partial charge is 0.0408 e. The van der Waals surface area contributed by atoms with Crippen LogP contribution in [0.2, 0.25) is 0 Å². The first-order valence-corrected chi connectivity index (χ1v) is 14.6. The minimum atomic E-state index is -0.802. The molecule has 0 aliphatic rings. The van der Waals surface area contributed by atoms with E-state index in [0.717, 1.165) is 0 Å². The first-order chi connectivity index (χ1) is 17.3. The quantitative estimate of drug-likeness (QED) is 0.209. The lowest BCUT2D eigenvalue weighted by Crippen LogP contribution is -2.33. The van der Waals surface area contributed by atoms with Crippen LogP contribution in [0.25, 0.3) is 0 Å². The molecule has 0 heterocycles. The summed E-state index contributed by atoms with van der Waals surface area (Å²) < 4.78 is 2.81. The average Bonchev–Trinajstić information content (AvgIpc) is 2.95. The zero-order valence-electron chi connectivity index (χ0n) is 19.9. The van der Waals surface area contributed by atoms with Crippen molar-refractivity contribution in [1.29, 1.82) is 0 Å². The molecule has 5 aromatic carbocycles. The summed E-state index contributed by atoms with van der Waals surface area (Å²) in [6, 6.07) is 55.4. The second-order valence-electron chi connectivity index (χ2n) is 8.37. The van der Waals surface area contributed by atoms with Gasteiger partial charge in [-0.25, -0.2) is 4.44 Å². The minimum Gasteiger partial charge on any atom is -0.237 e. The van der Waals surface area contributed by atoms with Crippen molar-refractivity contribution in [2.45, 2.75) is 13.0 Å². The number of hydrogen-bond donors (Lipinski definition) is 0. The van der Waals surface area contributed by atoms with E-state index in [-0.39, 0.29) is 6.04 Å². The fourth-order valence-corrected chi connectivity index (χ4v) is 10.6. The predicted octanol–water partition coefficient (Wildman–Crippen LogP) is 7.15. The number of hydrogen-bond acceptors (Lipinski definition) is 1. The molecular weight excluding hydrogens is 460 g/mol. The molecule has 1 atom stereocenters. The van der Waals surface area contributed by atoms with Crippen LogP contribution in [0, 0.1) is 0 Å². The predicted molar refractivity (Wildman–Crippen MR) is 155 cm³/mol. The van der Waals surface area contributed by atoms with Crippen LogP contribution in [-0.4, -0.2) is 4.44 Å². The van der Waals surface area contributed by atoms with Gasteiger partial charge in [-0.15, -0.1) is 0 Å². The Morgan fingerprint density at radius 3 is 0.943 bits per heavy atom. The second kappa shape index (κ2) is 11.6. The molecule has 3 heteroatoms. The average molecular weight is 490 g/mol. The van der Waals surface area contributed by atoms with Crippen molar-refractivity contribution in [1.82, 2.24) is 4.44 Å². The van der Waals surface area contributed by atoms with Crippen LogP contribution in [0.15, 0.2) is 152 Å². The maximum Gasteiger partial charge on any atom is 0.0408 e. The van der Waals surface area contributed by atoms with Crippen molar-refractivity contribution >= 4 is 37.4 Å². The second-order valence-corrected chi connectivity index (χ2v) is 12.9. The van der Waals surface area contributed by atoms with Crippen molar-refractivity contribution in [2.24, 2.45) is 0 Å². The maximum absolute atomic E-state index is 2.81. The van der Waals surface area contributed by atoms with Gasteiger partial charge in [0.15, 0.2) is 0 Å². The summed E-state index contributed by atoms with van der Waals surface area (Å²) in [7, 11) is -1.60. The molecule has 1 nitrogen and oxygen atoms in total. The summed E-state index contributed by atoms with van der Waals surface area (Å²) in [5, 5.41) is 5.48. The van der Waals surface area contributed by atoms with E-state index in [1.807, 2.05) is 0 Å². The Kier molecular flexibility index (Phi) is 7.82. The lowest BCUT2D eigenvalue weighted by atomic mass is 10.1. The van der Waals surface area contributed by atoms with Crippen LogP contribution in [0.1, 0.15) is 18.5 Å². The van der Waals surface area contributed by atoms with Gasteiger partial charge in [0.2, 0.25) is 0 Å². The molecule has 0 radical (unpaired) electrons. The molecule has 0 saturated heterocycles. The molecule has 0 aromatic heterocycles. The summed E-state index contributed by atoms with van der Waals surface area (Å²) in [5.74, 6) is 0. The number of nitrogens with zero attached hydrogens (tertiary/aromatic N) is 1. The Hall–Kier alpha value is -3.08. The zero-order chi connectivity index (χ0) is 23.9. The Morgan fingerprint density at radius 2 is 0.657 bits per heavy atom. The monoisotopic (exact) mass is 489 g/mol. The van der Waals surface area contributed by atoms with E-state index in [2.05, 4.69) is 163 Å². The van der Waals surface area contributed by atoms with Crippen LogP contribution in [0.4, 0.5) is 0 Å². The molecule has 0 saturated carbocycles. The standard InChI is InChI=1S/C32H29NP2/c1-27(28-17-7-2-8-18-28)33(34(29-19-9-3-10-20-29)30-21-11-4-12-22-30)35(31-23-13-5-14-24-31)32-25-15-6-16-26-32/h2-27H,1H3/t27-/m1/s1. The van der Waals surface area contributed by atoms with Gasteiger partial charge in [-0.1, -0.05) is 152 Å². The maximum atomic E-state index is 2.81. The Labute approximate surface area is 211 Å². The summed E-state index contributed by atoms with van der Waals surface area (Å²) in [6.07, 6.45) is 0. The first kappa shape index (κ1) is 23.7. The SMILES string of the molecule is C[C@H](c1ccccc1)N(P(c1ccccc1)c1ccccc1)P(c1ccccc1)c1ccccc1. The van der Waals surface area contributed by atoms with Crippen molar-refractivity contribution < 1.29 is 0 Å². The van der Waals surface area contributed by atoms with Gasteiger partial charge < -0.3 is 0 Å². The summed E-state index contributed by atoms with van der Waals surface area (Å²) in [4.78, 5) is 0. The summed E-state index contributed by atoms with van der Waals surface area (Å²) >= 11 is 0. The molecule has 0 spiro atoms. The molecule has 0 fully saturated rings. The van der Waals surface area contributed by atoms with Gasteiger partial charge in [-0.05, 0) is 33.7 Å². The van der Waals surface area contributed by atoms with Gasteiger partial charge in [-0.2, -0.15) is 0 Å². The van der Waals surface area contributed by atoms with Crippen molar-refractivity contribution in [3.63, 3.8) is 0 Å². The summed E-state index contributed by atoms with van der Waals surface area (Å²) in [5.41, 5.74) is 1.34. The van der Waals surface area contributed by atoms with Crippen LogP contribution >= 0.6 is 16.1 Å². The third kappa shape index (κ3) is 5.44. The fraction of sp³-hybridized carbons (Fsp3) is 0.0625. The fourth-order valence-electron chi connectivity index (χ4n) is 4.35. The highest BCUT2D eigenvalue weighted by atomic mass is 31.2. The highest BCUT2D eigenvalue weighted by molar-refractivity contribution is 7.84. The highest BCUT2D eigenvalue weighted by Gasteiger charge is 2.35. The van der Waals surface area contributed by atoms with Crippen molar-refractivity contribution in [3.05, 3.63) is 157 Å². The number of benzene rings is 5. The van der Waals surface area contributed by atoms with E-state index in [0.29, 0.717) is 0 Å². The third-order valence-corrected chi connectivity index (χ3v) is 11.8. The molecule has 35 heavy (non-hydrogen) atoms.